The summed E-state index contributed by atoms with van der Waals surface area (Å²) in [4.78, 5) is 36.6. The van der Waals surface area contributed by atoms with E-state index in [1.54, 1.807) is 17.3 Å². The van der Waals surface area contributed by atoms with E-state index in [4.69, 9.17) is 26.3 Å². The van der Waals surface area contributed by atoms with Crippen LogP contribution >= 0.6 is 11.6 Å². The molecule has 0 unspecified atom stereocenters. The monoisotopic (exact) mass is 591 g/mol. The molecule has 1 aromatic carbocycles. The molecule has 7 rings (SSSR count). The van der Waals surface area contributed by atoms with Crippen LogP contribution in [0.4, 0.5) is 14.6 Å². The number of rotatable bonds is 6. The highest BCUT2D eigenvalue weighted by molar-refractivity contribution is 6.36. The number of benzene rings is 1. The van der Waals surface area contributed by atoms with Crippen LogP contribution < -0.4 is 9.64 Å². The number of alkyl halides is 1. The fourth-order valence-corrected chi connectivity index (χ4v) is 6.72. The van der Waals surface area contributed by atoms with Crippen molar-refractivity contribution in [2.45, 2.75) is 37.1 Å². The molecule has 3 aromatic heterocycles. The lowest BCUT2D eigenvalue weighted by Crippen LogP contribution is -2.63. The van der Waals surface area contributed by atoms with Crippen molar-refractivity contribution in [3.63, 3.8) is 0 Å². The Kier molecular flexibility index (Phi) is 6.66. The van der Waals surface area contributed by atoms with Crippen molar-refractivity contribution in [2.24, 2.45) is 0 Å². The van der Waals surface area contributed by atoms with Gasteiger partial charge in [-0.3, -0.25) is 14.7 Å². The van der Waals surface area contributed by atoms with Crippen LogP contribution in [-0.2, 0) is 4.79 Å². The third kappa shape index (κ3) is 4.51. The van der Waals surface area contributed by atoms with Gasteiger partial charge in [-0.1, -0.05) is 30.3 Å². The van der Waals surface area contributed by atoms with E-state index in [0.717, 1.165) is 16.3 Å². The van der Waals surface area contributed by atoms with Gasteiger partial charge in [0.05, 0.1) is 23.2 Å². The van der Waals surface area contributed by atoms with Crippen molar-refractivity contribution in [3.8, 4) is 17.3 Å². The average molecular weight is 592 g/mol. The Labute approximate surface area is 245 Å². The highest BCUT2D eigenvalue weighted by atomic mass is 35.5. The van der Waals surface area contributed by atoms with E-state index in [9.17, 15) is 13.6 Å². The Morgan fingerprint density at radius 1 is 1.14 bits per heavy atom. The average Bonchev–Trinajstić information content (AvgIpc) is 3.47. The summed E-state index contributed by atoms with van der Waals surface area (Å²) in [5.74, 6) is -0.996. The standard InChI is InChI=1S/C30H28ClF2N7O2/c1-16(32)29(41)39-9-8-24-25(39)14-40(24)28-20-6-7-23(21-12-34-11-17-4-3-5-22(31)26(17)21)35-27(20)36-30(37-28)42-15-19-10-18(33)13-38(19)2/h3-7,11-12,18-19,24-25H,1,8-10,13-15H2,2H3/t18-,19+,24-,25-/m1/s1. The molecule has 0 spiro atoms. The van der Waals surface area contributed by atoms with Gasteiger partial charge in [0.25, 0.3) is 5.91 Å². The summed E-state index contributed by atoms with van der Waals surface area (Å²) in [6.07, 6.45) is 3.64. The highest BCUT2D eigenvalue weighted by Crippen LogP contribution is 2.40. The number of hydrogen-bond donors (Lipinski definition) is 0. The molecule has 0 bridgehead atoms. The highest BCUT2D eigenvalue weighted by Gasteiger charge is 2.50. The predicted molar refractivity (Wildman–Crippen MR) is 156 cm³/mol. The van der Waals surface area contributed by atoms with Gasteiger partial charge in [-0.15, -0.1) is 0 Å². The molecule has 9 nitrogen and oxygen atoms in total. The van der Waals surface area contributed by atoms with E-state index >= 15 is 0 Å². The molecule has 6 heterocycles. The van der Waals surface area contributed by atoms with Crippen LogP contribution in [0.3, 0.4) is 0 Å². The fourth-order valence-electron chi connectivity index (χ4n) is 6.44. The van der Waals surface area contributed by atoms with Gasteiger partial charge in [0.1, 0.15) is 18.6 Å². The van der Waals surface area contributed by atoms with Gasteiger partial charge in [-0.05, 0) is 38.1 Å². The van der Waals surface area contributed by atoms with Crippen molar-refractivity contribution >= 4 is 45.1 Å². The minimum atomic E-state index is -0.954. The second-order valence-corrected chi connectivity index (χ2v) is 11.5. The van der Waals surface area contributed by atoms with Crippen molar-refractivity contribution in [1.29, 1.82) is 0 Å². The van der Waals surface area contributed by atoms with Crippen LogP contribution in [0.2, 0.25) is 5.02 Å². The molecule has 1 amide bonds. The molecule has 42 heavy (non-hydrogen) atoms. The zero-order valence-electron chi connectivity index (χ0n) is 22.9. The number of carbonyl (C=O) groups is 1. The Morgan fingerprint density at radius 3 is 2.79 bits per heavy atom. The first-order chi connectivity index (χ1) is 20.3. The van der Waals surface area contributed by atoms with Crippen LogP contribution in [0.5, 0.6) is 6.01 Å². The van der Waals surface area contributed by atoms with Crippen LogP contribution in [0.15, 0.2) is 55.1 Å². The van der Waals surface area contributed by atoms with E-state index < -0.39 is 17.9 Å². The van der Waals surface area contributed by atoms with Crippen LogP contribution in [0.25, 0.3) is 33.1 Å². The summed E-state index contributed by atoms with van der Waals surface area (Å²) in [7, 11) is 1.87. The largest absolute Gasteiger partial charge is 0.462 e. The number of anilines is 1. The quantitative estimate of drug-likeness (QED) is 0.301. The number of fused-ring (bicyclic) bond motifs is 3. The normalized spacial score (nSPS) is 23.8. The number of aromatic nitrogens is 4. The summed E-state index contributed by atoms with van der Waals surface area (Å²) in [5, 5.41) is 3.04. The maximum Gasteiger partial charge on any atom is 0.320 e. The Balaban J connectivity index is 1.27. The van der Waals surface area contributed by atoms with Crippen molar-refractivity contribution in [3.05, 3.63) is 60.2 Å². The van der Waals surface area contributed by atoms with Gasteiger partial charge in [-0.25, -0.2) is 13.8 Å². The number of hydrogen-bond acceptors (Lipinski definition) is 8. The van der Waals surface area contributed by atoms with Crippen LogP contribution in [-0.4, -0.2) is 93.2 Å². The van der Waals surface area contributed by atoms with Gasteiger partial charge < -0.3 is 14.5 Å². The number of pyridine rings is 2. The number of carbonyl (C=O) groups excluding carboxylic acids is 1. The lowest BCUT2D eigenvalue weighted by atomic mass is 9.96. The van der Waals surface area contributed by atoms with Gasteiger partial charge in [0.15, 0.2) is 11.5 Å². The van der Waals surface area contributed by atoms with Gasteiger partial charge >= 0.3 is 6.01 Å². The number of amides is 1. The minimum absolute atomic E-state index is 0.0340. The third-order valence-electron chi connectivity index (χ3n) is 8.63. The van der Waals surface area contributed by atoms with E-state index in [-0.39, 0.29) is 30.7 Å². The molecule has 0 aliphatic carbocycles. The topological polar surface area (TPSA) is 87.6 Å². The van der Waals surface area contributed by atoms with Crippen molar-refractivity contribution in [2.75, 3.05) is 38.2 Å². The van der Waals surface area contributed by atoms with E-state index in [0.29, 0.717) is 60.0 Å². The summed E-state index contributed by atoms with van der Waals surface area (Å²) in [5.41, 5.74) is 1.83. The first-order valence-corrected chi connectivity index (χ1v) is 14.3. The number of halogens is 3. The van der Waals surface area contributed by atoms with Crippen molar-refractivity contribution < 1.29 is 18.3 Å². The lowest BCUT2D eigenvalue weighted by molar-refractivity contribution is -0.130. The van der Waals surface area contributed by atoms with Crippen LogP contribution in [0, 0.1) is 0 Å². The van der Waals surface area contributed by atoms with E-state index in [1.807, 2.05) is 42.3 Å². The Hall–Kier alpha value is -3.96. The zero-order chi connectivity index (χ0) is 29.1. The predicted octanol–water partition coefficient (Wildman–Crippen LogP) is 4.59. The van der Waals surface area contributed by atoms with Gasteiger partial charge in [0, 0.05) is 59.4 Å². The Bertz CT molecular complexity index is 1730. The number of nitrogens with zero attached hydrogens (tertiary/aromatic N) is 7. The maximum atomic E-state index is 14.0. The molecule has 4 aromatic rings. The number of likely N-dealkylation sites (tertiary alicyclic amines) is 2. The number of likely N-dealkylation sites (N-methyl/N-ethyl adjacent to an activating group) is 1. The minimum Gasteiger partial charge on any atom is -0.462 e. The molecular formula is C30H28ClF2N7O2. The molecule has 3 saturated heterocycles. The molecule has 216 valence electrons. The molecule has 0 saturated carbocycles. The number of ether oxygens (including phenoxy) is 1. The summed E-state index contributed by atoms with van der Waals surface area (Å²) >= 11 is 6.58. The molecule has 3 aliphatic heterocycles. The van der Waals surface area contributed by atoms with E-state index in [1.165, 1.54) is 0 Å². The first-order valence-electron chi connectivity index (χ1n) is 13.9. The Morgan fingerprint density at radius 2 is 2.00 bits per heavy atom. The molecule has 0 N–H and O–H groups in total. The van der Waals surface area contributed by atoms with Crippen molar-refractivity contribution in [1.82, 2.24) is 29.7 Å². The second-order valence-electron chi connectivity index (χ2n) is 11.1. The molecule has 3 aliphatic rings. The van der Waals surface area contributed by atoms with E-state index in [2.05, 4.69) is 21.4 Å². The smallest absolute Gasteiger partial charge is 0.320 e. The summed E-state index contributed by atoms with van der Waals surface area (Å²) in [6.45, 7) is 4.69. The van der Waals surface area contributed by atoms with Gasteiger partial charge in [-0.2, -0.15) is 9.97 Å². The third-order valence-corrected chi connectivity index (χ3v) is 8.94. The molecule has 12 heteroatoms. The molecular weight excluding hydrogens is 564 g/mol. The molecule has 0 radical (unpaired) electrons. The summed E-state index contributed by atoms with van der Waals surface area (Å²) < 4.78 is 33.7. The lowest BCUT2D eigenvalue weighted by Gasteiger charge is -2.47. The first kappa shape index (κ1) is 26.9. The van der Waals surface area contributed by atoms with Gasteiger partial charge in [0.2, 0.25) is 0 Å². The molecule has 4 atom stereocenters. The fraction of sp³-hybridized carbons (Fsp3) is 0.367. The SMILES string of the molecule is C=C(F)C(=O)N1CC[C@@H]2[C@H]1CN2c1nc(OC[C@@H]2C[C@@H](F)CN2C)nc2nc(-c3cncc4cccc(Cl)c34)ccc12. The summed E-state index contributed by atoms with van der Waals surface area (Å²) in [6, 6.07) is 9.33. The second kappa shape index (κ2) is 10.4. The van der Waals surface area contributed by atoms with Crippen LogP contribution in [0.1, 0.15) is 12.8 Å². The maximum absolute atomic E-state index is 14.0. The zero-order valence-corrected chi connectivity index (χ0v) is 23.6. The molecule has 3 fully saturated rings.